The number of aromatic nitrogens is 2. The van der Waals surface area contributed by atoms with E-state index in [1.165, 1.54) is 45.4 Å². The van der Waals surface area contributed by atoms with Gasteiger partial charge in [-0.25, -0.2) is 15.0 Å². The second kappa shape index (κ2) is 11.9. The number of aliphatic imine (C=N–C) groups is 1. The molecule has 1 saturated heterocycles. The Balaban J connectivity index is 0.000000187. The molecule has 1 fully saturated rings. The molecule has 3 heterocycles. The molecule has 0 amide bonds. The van der Waals surface area contributed by atoms with Crippen LogP contribution in [-0.4, -0.2) is 58.8 Å². The number of phenolic OH excluding ortho intramolecular Hbond substituents is 1. The maximum Gasteiger partial charge on any atom is 0.214 e. The summed E-state index contributed by atoms with van der Waals surface area (Å²) in [4.78, 5) is 20.6. The standard InChI is InChI=1S/C15H11Cl2N3O2.C10H19N3O/c1-22-14-5-9-12(6-13(14)21)18-7-19-15(9)20-8-2-3-10(16)11(17)4-8;1-3-13-6-4-9(5-7-13)10-11-8(2)12-14-10/h2-7,21H,1H3,(H,18,19,20);8-9,12H,3-7H2,1-2H3. The number of methoxy groups -OCH3 is 1. The van der Waals surface area contributed by atoms with Crippen LogP contribution in [-0.2, 0) is 4.84 Å². The van der Waals surface area contributed by atoms with E-state index in [4.69, 9.17) is 32.8 Å². The van der Waals surface area contributed by atoms with Gasteiger partial charge in [-0.3, -0.25) is 0 Å². The predicted octanol–water partition coefficient (Wildman–Crippen LogP) is 5.39. The van der Waals surface area contributed by atoms with Gasteiger partial charge in [0.15, 0.2) is 11.5 Å². The van der Waals surface area contributed by atoms with Gasteiger partial charge in [-0.2, -0.15) is 0 Å². The second-order valence-electron chi connectivity index (χ2n) is 8.59. The highest BCUT2D eigenvalue weighted by Gasteiger charge is 2.27. The van der Waals surface area contributed by atoms with E-state index in [9.17, 15) is 5.11 Å². The third-order valence-electron chi connectivity index (χ3n) is 6.16. The molecule has 1 unspecified atom stereocenters. The van der Waals surface area contributed by atoms with Crippen LogP contribution in [0.1, 0.15) is 26.7 Å². The van der Waals surface area contributed by atoms with E-state index in [1.54, 1.807) is 24.3 Å². The maximum absolute atomic E-state index is 9.82. The van der Waals surface area contributed by atoms with Crippen molar-refractivity contribution in [3.05, 3.63) is 46.7 Å². The summed E-state index contributed by atoms with van der Waals surface area (Å²) in [5, 5.41) is 14.6. The molecule has 0 spiro atoms. The molecule has 0 aliphatic carbocycles. The lowest BCUT2D eigenvalue weighted by molar-refractivity contribution is 0.154. The number of anilines is 2. The minimum absolute atomic E-state index is 0.0224. The zero-order valence-corrected chi connectivity index (χ0v) is 22.0. The Morgan fingerprint density at radius 2 is 1.94 bits per heavy atom. The first-order chi connectivity index (χ1) is 17.4. The minimum atomic E-state index is 0.0224. The number of hydroxylamine groups is 1. The van der Waals surface area contributed by atoms with Crippen LogP contribution >= 0.6 is 23.2 Å². The zero-order chi connectivity index (χ0) is 25.7. The number of hydrogen-bond donors (Lipinski definition) is 3. The number of nitrogens with one attached hydrogen (secondary N) is 2. The Hall–Kier alpha value is -2.85. The van der Waals surface area contributed by atoms with Crippen LogP contribution in [0.2, 0.25) is 10.0 Å². The molecular formula is C25H30Cl2N6O3. The summed E-state index contributed by atoms with van der Waals surface area (Å²) < 4.78 is 5.12. The SMILES string of the molecule is CCN1CCC(C2=NC(C)NO2)CC1.COc1cc2c(Nc3ccc(Cl)c(Cl)c3)ncnc2cc1O. The first-order valence-corrected chi connectivity index (χ1v) is 12.6. The van der Waals surface area contributed by atoms with Gasteiger partial charge in [0.25, 0.3) is 0 Å². The number of ether oxygens (including phenoxy) is 1. The highest BCUT2D eigenvalue weighted by Crippen LogP contribution is 2.34. The minimum Gasteiger partial charge on any atom is -0.504 e. The number of piperidine rings is 1. The lowest BCUT2D eigenvalue weighted by Crippen LogP contribution is -2.36. The highest BCUT2D eigenvalue weighted by molar-refractivity contribution is 6.42. The first kappa shape index (κ1) is 26.2. The van der Waals surface area contributed by atoms with Crippen molar-refractivity contribution >= 4 is 51.5 Å². The van der Waals surface area contributed by atoms with E-state index in [2.05, 4.69) is 37.6 Å². The number of nitrogens with zero attached hydrogens (tertiary/aromatic N) is 4. The normalized spacial score (nSPS) is 18.2. The summed E-state index contributed by atoms with van der Waals surface area (Å²) in [5.74, 6) is 2.40. The molecule has 2 aromatic carbocycles. The fourth-order valence-corrected chi connectivity index (χ4v) is 4.42. The molecule has 9 nitrogen and oxygen atoms in total. The quantitative estimate of drug-likeness (QED) is 0.401. The molecule has 1 atom stereocenters. The Labute approximate surface area is 220 Å². The molecule has 11 heteroatoms. The zero-order valence-electron chi connectivity index (χ0n) is 20.5. The van der Waals surface area contributed by atoms with Crippen molar-refractivity contribution in [2.24, 2.45) is 10.9 Å². The lowest BCUT2D eigenvalue weighted by Gasteiger charge is -2.29. The van der Waals surface area contributed by atoms with Gasteiger partial charge in [-0.15, -0.1) is 5.48 Å². The highest BCUT2D eigenvalue weighted by atomic mass is 35.5. The fourth-order valence-electron chi connectivity index (χ4n) is 4.12. The molecule has 2 aliphatic heterocycles. The second-order valence-corrected chi connectivity index (χ2v) is 9.40. The monoisotopic (exact) mass is 532 g/mol. The Morgan fingerprint density at radius 1 is 1.17 bits per heavy atom. The Morgan fingerprint density at radius 3 is 2.58 bits per heavy atom. The molecule has 1 aromatic heterocycles. The predicted molar refractivity (Wildman–Crippen MR) is 143 cm³/mol. The van der Waals surface area contributed by atoms with Crippen LogP contribution in [0.5, 0.6) is 11.5 Å². The third kappa shape index (κ3) is 6.28. The fraction of sp³-hybridized carbons (Fsp3) is 0.400. The number of benzene rings is 2. The number of hydrogen-bond acceptors (Lipinski definition) is 9. The Bertz CT molecular complexity index is 1230. The van der Waals surface area contributed by atoms with Gasteiger partial charge < -0.3 is 24.9 Å². The average molecular weight is 533 g/mol. The van der Waals surface area contributed by atoms with Gasteiger partial charge in [0.05, 0.1) is 22.7 Å². The van der Waals surface area contributed by atoms with Crippen molar-refractivity contribution < 1.29 is 14.7 Å². The van der Waals surface area contributed by atoms with Gasteiger partial charge in [0.2, 0.25) is 5.90 Å². The molecule has 0 saturated carbocycles. The summed E-state index contributed by atoms with van der Waals surface area (Å²) in [7, 11) is 1.48. The Kier molecular flexibility index (Phi) is 8.68. The molecule has 5 rings (SSSR count). The molecular weight excluding hydrogens is 503 g/mol. The van der Waals surface area contributed by atoms with E-state index >= 15 is 0 Å². The summed E-state index contributed by atoms with van der Waals surface area (Å²) in [6, 6.07) is 8.39. The van der Waals surface area contributed by atoms with E-state index < -0.39 is 0 Å². The van der Waals surface area contributed by atoms with Crippen LogP contribution in [0.15, 0.2) is 41.7 Å². The van der Waals surface area contributed by atoms with E-state index in [-0.39, 0.29) is 11.9 Å². The molecule has 192 valence electrons. The first-order valence-electron chi connectivity index (χ1n) is 11.8. The van der Waals surface area contributed by atoms with Crippen LogP contribution in [0.3, 0.4) is 0 Å². The molecule has 0 bridgehead atoms. The molecule has 3 aromatic rings. The van der Waals surface area contributed by atoms with Crippen molar-refractivity contribution in [3.8, 4) is 11.5 Å². The summed E-state index contributed by atoms with van der Waals surface area (Å²) in [6.07, 6.45) is 3.91. The van der Waals surface area contributed by atoms with E-state index in [0.29, 0.717) is 38.4 Å². The van der Waals surface area contributed by atoms with Crippen molar-refractivity contribution in [2.45, 2.75) is 32.9 Å². The van der Waals surface area contributed by atoms with Gasteiger partial charge in [-0.05, 0) is 63.7 Å². The smallest absolute Gasteiger partial charge is 0.214 e. The number of rotatable bonds is 5. The summed E-state index contributed by atoms with van der Waals surface area (Å²) in [5.41, 5.74) is 4.21. The van der Waals surface area contributed by atoms with Crippen LogP contribution < -0.4 is 15.5 Å². The van der Waals surface area contributed by atoms with E-state index in [1.807, 2.05) is 6.92 Å². The van der Waals surface area contributed by atoms with Crippen molar-refractivity contribution in [1.82, 2.24) is 20.3 Å². The molecule has 3 N–H and O–H groups in total. The molecule has 36 heavy (non-hydrogen) atoms. The number of halogens is 2. The van der Waals surface area contributed by atoms with Gasteiger partial charge in [0.1, 0.15) is 18.3 Å². The van der Waals surface area contributed by atoms with Crippen LogP contribution in [0, 0.1) is 5.92 Å². The maximum atomic E-state index is 9.82. The van der Waals surface area contributed by atoms with Crippen molar-refractivity contribution in [1.29, 1.82) is 0 Å². The average Bonchev–Trinajstić information content (AvgIpc) is 3.32. The van der Waals surface area contributed by atoms with Crippen LogP contribution in [0.25, 0.3) is 10.9 Å². The van der Waals surface area contributed by atoms with Crippen molar-refractivity contribution in [3.63, 3.8) is 0 Å². The number of aromatic hydroxyl groups is 1. The van der Waals surface area contributed by atoms with Gasteiger partial charge >= 0.3 is 0 Å². The summed E-state index contributed by atoms with van der Waals surface area (Å²) in [6.45, 7) is 7.74. The molecule has 2 aliphatic rings. The number of fused-ring (bicyclic) bond motifs is 1. The van der Waals surface area contributed by atoms with E-state index in [0.717, 1.165) is 18.1 Å². The number of phenols is 1. The van der Waals surface area contributed by atoms with Gasteiger partial charge in [0, 0.05) is 23.1 Å². The number of likely N-dealkylation sites (tertiary alicyclic amines) is 1. The largest absolute Gasteiger partial charge is 0.504 e. The summed E-state index contributed by atoms with van der Waals surface area (Å²) >= 11 is 11.9. The third-order valence-corrected chi connectivity index (χ3v) is 6.90. The van der Waals surface area contributed by atoms with Crippen LogP contribution in [0.4, 0.5) is 11.5 Å². The van der Waals surface area contributed by atoms with Crippen molar-refractivity contribution in [2.75, 3.05) is 32.1 Å². The lowest BCUT2D eigenvalue weighted by atomic mass is 9.97. The van der Waals surface area contributed by atoms with Gasteiger partial charge in [-0.1, -0.05) is 30.1 Å². The topological polar surface area (TPSA) is 104 Å². The molecule has 0 radical (unpaired) electrons.